The van der Waals surface area contributed by atoms with E-state index in [4.69, 9.17) is 5.11 Å². The Balaban J connectivity index is 2.06. The van der Waals surface area contributed by atoms with Crippen LogP contribution in [0.4, 0.5) is 4.79 Å². The molecule has 17 heavy (non-hydrogen) atoms. The fraction of sp³-hybridized carbons (Fsp3) is 0.700. The van der Waals surface area contributed by atoms with Crippen LogP contribution in [0, 0.1) is 5.41 Å². The molecular weight excluding hydrogens is 226 g/mol. The zero-order chi connectivity index (χ0) is 12.9. The molecule has 0 unspecified atom stereocenters. The Morgan fingerprint density at radius 2 is 1.76 bits per heavy atom. The number of carboxylic acid groups (broad SMARTS) is 1. The molecule has 0 heterocycles. The summed E-state index contributed by atoms with van der Waals surface area (Å²) in [5.41, 5.74) is 0.211. The van der Waals surface area contributed by atoms with Gasteiger partial charge >= 0.3 is 12.0 Å². The summed E-state index contributed by atoms with van der Waals surface area (Å²) in [6.07, 6.45) is 2.21. The molecule has 0 atom stereocenters. The number of amides is 3. The minimum absolute atomic E-state index is 0.211. The average molecular weight is 243 g/mol. The van der Waals surface area contributed by atoms with Gasteiger partial charge in [0.15, 0.2) is 0 Å². The van der Waals surface area contributed by atoms with Crippen LogP contribution >= 0.6 is 0 Å². The molecule has 3 amide bonds. The summed E-state index contributed by atoms with van der Waals surface area (Å²) in [4.78, 5) is 32.4. The molecule has 0 aliphatic heterocycles. The van der Waals surface area contributed by atoms with E-state index in [2.05, 4.69) is 22.9 Å². The van der Waals surface area contributed by atoms with Gasteiger partial charge in [-0.2, -0.15) is 0 Å². The summed E-state index contributed by atoms with van der Waals surface area (Å²) in [6, 6.07) is -0.413. The Labute approximate surface area is 98.9 Å². The second-order valence-electron chi connectivity index (χ2n) is 4.52. The molecule has 0 aromatic heterocycles. The van der Waals surface area contributed by atoms with Crippen LogP contribution in [0.3, 0.4) is 0 Å². The lowest BCUT2D eigenvalue weighted by atomic mass is 10.1. The van der Waals surface area contributed by atoms with Crippen molar-refractivity contribution in [3.63, 3.8) is 0 Å². The highest BCUT2D eigenvalue weighted by Crippen LogP contribution is 2.43. The molecule has 1 aliphatic rings. The number of nitrogens with one attached hydrogen (secondary N) is 3. The number of hydrogen-bond donors (Lipinski definition) is 4. The van der Waals surface area contributed by atoms with E-state index in [0.29, 0.717) is 6.54 Å². The number of carboxylic acids is 1. The number of carbonyl (C=O) groups is 3. The fourth-order valence-electron chi connectivity index (χ4n) is 1.14. The third kappa shape index (κ3) is 5.74. The van der Waals surface area contributed by atoms with Crippen molar-refractivity contribution in [2.45, 2.75) is 19.8 Å². The quantitative estimate of drug-likeness (QED) is 0.494. The predicted octanol–water partition coefficient (Wildman–Crippen LogP) is -0.713. The van der Waals surface area contributed by atoms with Gasteiger partial charge in [-0.25, -0.2) is 4.79 Å². The van der Waals surface area contributed by atoms with Crippen LogP contribution in [0.15, 0.2) is 0 Å². The van der Waals surface area contributed by atoms with Gasteiger partial charge in [0.1, 0.15) is 6.54 Å². The first-order chi connectivity index (χ1) is 7.91. The third-order valence-electron chi connectivity index (χ3n) is 2.63. The van der Waals surface area contributed by atoms with Gasteiger partial charge < -0.3 is 21.1 Å². The number of rotatable bonds is 6. The van der Waals surface area contributed by atoms with Crippen LogP contribution < -0.4 is 16.0 Å². The average Bonchev–Trinajstić information content (AvgIpc) is 2.99. The molecule has 0 bridgehead atoms. The van der Waals surface area contributed by atoms with E-state index in [-0.39, 0.29) is 12.0 Å². The normalized spacial score (nSPS) is 15.8. The molecule has 1 rings (SSSR count). The Morgan fingerprint density at radius 3 is 2.29 bits per heavy atom. The van der Waals surface area contributed by atoms with E-state index in [9.17, 15) is 14.4 Å². The van der Waals surface area contributed by atoms with Crippen molar-refractivity contribution < 1.29 is 19.5 Å². The van der Waals surface area contributed by atoms with Gasteiger partial charge in [0.25, 0.3) is 0 Å². The van der Waals surface area contributed by atoms with E-state index in [1.165, 1.54) is 0 Å². The van der Waals surface area contributed by atoms with Gasteiger partial charge in [-0.05, 0) is 18.3 Å². The standard InChI is InChI=1S/C10H17N3O4/c1-10(2-3-10)6-13-9(17)12-4-7(14)11-5-8(15)16/h2-6H2,1H3,(H,11,14)(H,15,16)(H2,12,13,17). The zero-order valence-corrected chi connectivity index (χ0v) is 9.71. The summed E-state index contributed by atoms with van der Waals surface area (Å²) in [5.74, 6) is -1.65. The monoisotopic (exact) mass is 243 g/mol. The van der Waals surface area contributed by atoms with Crippen LogP contribution in [-0.2, 0) is 9.59 Å². The van der Waals surface area contributed by atoms with Crippen molar-refractivity contribution >= 4 is 17.9 Å². The van der Waals surface area contributed by atoms with Gasteiger partial charge in [-0.15, -0.1) is 0 Å². The summed E-state index contributed by atoms with van der Waals surface area (Å²) in [7, 11) is 0. The van der Waals surface area contributed by atoms with Crippen LogP contribution in [0.1, 0.15) is 19.8 Å². The first-order valence-corrected chi connectivity index (χ1v) is 5.41. The minimum Gasteiger partial charge on any atom is -0.480 e. The molecule has 0 saturated heterocycles. The summed E-state index contributed by atoms with van der Waals surface area (Å²) < 4.78 is 0. The van der Waals surface area contributed by atoms with E-state index in [1.807, 2.05) is 0 Å². The van der Waals surface area contributed by atoms with Gasteiger partial charge in [0.2, 0.25) is 5.91 Å². The molecule has 0 spiro atoms. The Bertz CT molecular complexity index is 326. The molecule has 1 aliphatic carbocycles. The van der Waals surface area contributed by atoms with E-state index >= 15 is 0 Å². The van der Waals surface area contributed by atoms with Crippen LogP contribution in [0.25, 0.3) is 0 Å². The maximum absolute atomic E-state index is 11.2. The smallest absolute Gasteiger partial charge is 0.322 e. The number of hydrogen-bond acceptors (Lipinski definition) is 3. The Kier molecular flexibility index (Phi) is 4.30. The molecular formula is C10H17N3O4. The second-order valence-corrected chi connectivity index (χ2v) is 4.52. The molecule has 4 N–H and O–H groups in total. The van der Waals surface area contributed by atoms with E-state index < -0.39 is 24.5 Å². The fourth-order valence-corrected chi connectivity index (χ4v) is 1.14. The van der Waals surface area contributed by atoms with Crippen molar-refractivity contribution in [2.75, 3.05) is 19.6 Å². The van der Waals surface area contributed by atoms with Crippen LogP contribution in [0.5, 0.6) is 0 Å². The molecule has 0 aromatic carbocycles. The molecule has 1 fully saturated rings. The van der Waals surface area contributed by atoms with E-state index in [0.717, 1.165) is 12.8 Å². The van der Waals surface area contributed by atoms with Crippen molar-refractivity contribution in [2.24, 2.45) is 5.41 Å². The molecule has 0 aromatic rings. The Morgan fingerprint density at radius 1 is 1.12 bits per heavy atom. The minimum atomic E-state index is -1.12. The molecule has 7 heteroatoms. The zero-order valence-electron chi connectivity index (χ0n) is 9.71. The highest BCUT2D eigenvalue weighted by atomic mass is 16.4. The highest BCUT2D eigenvalue weighted by molar-refractivity contribution is 5.86. The third-order valence-corrected chi connectivity index (χ3v) is 2.63. The number of carbonyl (C=O) groups excluding carboxylic acids is 2. The van der Waals surface area contributed by atoms with Crippen LogP contribution in [-0.4, -0.2) is 42.6 Å². The highest BCUT2D eigenvalue weighted by Gasteiger charge is 2.37. The van der Waals surface area contributed by atoms with Crippen molar-refractivity contribution in [3.05, 3.63) is 0 Å². The van der Waals surface area contributed by atoms with Crippen LogP contribution in [0.2, 0.25) is 0 Å². The molecule has 96 valence electrons. The summed E-state index contributed by atoms with van der Waals surface area (Å²) in [6.45, 7) is 2.00. The van der Waals surface area contributed by atoms with Crippen molar-refractivity contribution in [1.29, 1.82) is 0 Å². The SMILES string of the molecule is CC1(CNC(=O)NCC(=O)NCC(=O)O)CC1. The lowest BCUT2D eigenvalue weighted by Crippen LogP contribution is -2.44. The summed E-state index contributed by atoms with van der Waals surface area (Å²) >= 11 is 0. The van der Waals surface area contributed by atoms with Gasteiger partial charge in [-0.3, -0.25) is 9.59 Å². The first-order valence-electron chi connectivity index (χ1n) is 5.41. The lowest BCUT2D eigenvalue weighted by molar-refractivity contribution is -0.137. The topological polar surface area (TPSA) is 108 Å². The summed E-state index contributed by atoms with van der Waals surface area (Å²) in [5, 5.41) is 15.5. The number of urea groups is 1. The van der Waals surface area contributed by atoms with Gasteiger partial charge in [0.05, 0.1) is 6.54 Å². The predicted molar refractivity (Wildman–Crippen MR) is 59.4 cm³/mol. The maximum Gasteiger partial charge on any atom is 0.322 e. The Hall–Kier alpha value is -1.79. The molecule has 1 saturated carbocycles. The van der Waals surface area contributed by atoms with E-state index in [1.54, 1.807) is 0 Å². The second kappa shape index (κ2) is 5.51. The molecule has 0 radical (unpaired) electrons. The first kappa shape index (κ1) is 13.3. The van der Waals surface area contributed by atoms with Crippen molar-refractivity contribution in [3.8, 4) is 0 Å². The van der Waals surface area contributed by atoms with Gasteiger partial charge in [-0.1, -0.05) is 6.92 Å². The lowest BCUT2D eigenvalue weighted by Gasteiger charge is -2.10. The number of aliphatic carboxylic acids is 1. The van der Waals surface area contributed by atoms with Crippen molar-refractivity contribution in [1.82, 2.24) is 16.0 Å². The maximum atomic E-state index is 11.2. The molecule has 7 nitrogen and oxygen atoms in total. The van der Waals surface area contributed by atoms with Gasteiger partial charge in [0, 0.05) is 6.54 Å². The largest absolute Gasteiger partial charge is 0.480 e.